The van der Waals surface area contributed by atoms with Crippen molar-refractivity contribution >= 4 is 11.9 Å². The lowest BCUT2D eigenvalue weighted by Crippen LogP contribution is -2.46. The summed E-state index contributed by atoms with van der Waals surface area (Å²) in [7, 11) is 1.69. The van der Waals surface area contributed by atoms with E-state index in [0.717, 1.165) is 45.1 Å². The van der Waals surface area contributed by atoms with E-state index in [9.17, 15) is 9.59 Å². The molecule has 1 aliphatic carbocycles. The van der Waals surface area contributed by atoms with E-state index in [-0.39, 0.29) is 29.9 Å². The number of urea groups is 1. The Hall–Kier alpha value is -2.04. The highest BCUT2D eigenvalue weighted by molar-refractivity contribution is 5.78. The second-order valence-electron chi connectivity index (χ2n) is 7.38. The average Bonchev–Trinajstić information content (AvgIpc) is 3.11. The van der Waals surface area contributed by atoms with Crippen LogP contribution in [0.1, 0.15) is 55.7 Å². The number of nitrogens with one attached hydrogen (secondary N) is 2. The molecule has 1 atom stereocenters. The van der Waals surface area contributed by atoms with Gasteiger partial charge in [-0.05, 0) is 51.0 Å². The first-order valence-electron chi connectivity index (χ1n) is 9.43. The number of carbonyl (C=O) groups excluding carboxylic acids is 2. The maximum absolute atomic E-state index is 12.8. The number of likely N-dealkylation sites (tertiary alicyclic amines) is 1. The van der Waals surface area contributed by atoms with Crippen LogP contribution in [0.5, 0.6) is 0 Å². The summed E-state index contributed by atoms with van der Waals surface area (Å²) in [6.07, 6.45) is 5.55. The van der Waals surface area contributed by atoms with Crippen LogP contribution >= 0.6 is 0 Å². The zero-order valence-electron chi connectivity index (χ0n) is 15.3. The minimum atomic E-state index is 0.0485. The molecule has 136 valence electrons. The van der Waals surface area contributed by atoms with Crippen LogP contribution in [0.3, 0.4) is 0 Å². The Labute approximate surface area is 150 Å². The predicted molar refractivity (Wildman–Crippen MR) is 98.2 cm³/mol. The molecular formula is C20H29N3O2. The Bertz CT molecular complexity index is 623. The molecule has 3 rings (SSSR count). The summed E-state index contributed by atoms with van der Waals surface area (Å²) in [6.45, 7) is 2.91. The van der Waals surface area contributed by atoms with Gasteiger partial charge in [-0.2, -0.15) is 0 Å². The number of nitrogens with zero attached hydrogens (tertiary/aromatic N) is 1. The second kappa shape index (κ2) is 7.89. The molecule has 5 heteroatoms. The van der Waals surface area contributed by atoms with Crippen molar-refractivity contribution in [3.8, 4) is 0 Å². The van der Waals surface area contributed by atoms with E-state index < -0.39 is 0 Å². The zero-order valence-corrected chi connectivity index (χ0v) is 15.3. The quantitative estimate of drug-likeness (QED) is 0.886. The molecule has 1 aromatic rings. The topological polar surface area (TPSA) is 61.4 Å². The van der Waals surface area contributed by atoms with Crippen LogP contribution in [0, 0.1) is 12.8 Å². The van der Waals surface area contributed by atoms with E-state index >= 15 is 0 Å². The molecule has 1 saturated heterocycles. The minimum Gasteiger partial charge on any atom is -0.359 e. The number of amides is 3. The summed E-state index contributed by atoms with van der Waals surface area (Å²) < 4.78 is 0. The summed E-state index contributed by atoms with van der Waals surface area (Å²) in [6, 6.07) is 8.89. The molecule has 1 unspecified atom stereocenters. The average molecular weight is 343 g/mol. The third-order valence-corrected chi connectivity index (χ3v) is 5.61. The molecule has 0 spiro atoms. The highest BCUT2D eigenvalue weighted by Gasteiger charge is 2.32. The zero-order chi connectivity index (χ0) is 17.8. The van der Waals surface area contributed by atoms with Gasteiger partial charge in [0.2, 0.25) is 5.91 Å². The van der Waals surface area contributed by atoms with E-state index in [1.165, 1.54) is 11.1 Å². The van der Waals surface area contributed by atoms with E-state index in [1.807, 2.05) is 4.90 Å². The lowest BCUT2D eigenvalue weighted by molar-refractivity contribution is -0.125. The van der Waals surface area contributed by atoms with Gasteiger partial charge in [0.05, 0.1) is 6.04 Å². The van der Waals surface area contributed by atoms with E-state index in [2.05, 4.69) is 41.8 Å². The molecule has 0 aromatic heterocycles. The lowest BCUT2D eigenvalue weighted by atomic mass is 9.85. The van der Waals surface area contributed by atoms with Gasteiger partial charge in [0.1, 0.15) is 0 Å². The smallest absolute Gasteiger partial charge is 0.318 e. The Kier molecular flexibility index (Phi) is 5.61. The van der Waals surface area contributed by atoms with E-state index in [4.69, 9.17) is 0 Å². The van der Waals surface area contributed by atoms with Gasteiger partial charge in [0.15, 0.2) is 0 Å². The molecule has 1 aromatic carbocycles. The fourth-order valence-electron chi connectivity index (χ4n) is 4.20. The van der Waals surface area contributed by atoms with Crippen LogP contribution in [0.4, 0.5) is 4.79 Å². The molecule has 1 aliphatic heterocycles. The Morgan fingerprint density at radius 1 is 1.12 bits per heavy atom. The highest BCUT2D eigenvalue weighted by Crippen LogP contribution is 2.33. The third kappa shape index (κ3) is 4.14. The standard InChI is InChI=1S/C20H29N3O2/c1-14-5-3-6-16(13-14)18-7-4-12-23(18)20(25)22-17-10-8-15(9-11-17)19(24)21-2/h3,5-6,13,15,17-18H,4,7-12H2,1-2H3,(H,21,24)(H,22,25). The van der Waals surface area contributed by atoms with Gasteiger partial charge in [0.25, 0.3) is 0 Å². The van der Waals surface area contributed by atoms with Gasteiger partial charge in [-0.25, -0.2) is 4.79 Å². The van der Waals surface area contributed by atoms with E-state index in [0.29, 0.717) is 0 Å². The van der Waals surface area contributed by atoms with Crippen molar-refractivity contribution in [3.63, 3.8) is 0 Å². The SMILES string of the molecule is CNC(=O)C1CCC(NC(=O)N2CCCC2c2cccc(C)c2)CC1. The monoisotopic (exact) mass is 343 g/mol. The molecule has 5 nitrogen and oxygen atoms in total. The summed E-state index contributed by atoms with van der Waals surface area (Å²) >= 11 is 0. The lowest BCUT2D eigenvalue weighted by Gasteiger charge is -2.31. The minimum absolute atomic E-state index is 0.0485. The molecule has 3 amide bonds. The van der Waals surface area contributed by atoms with Crippen LogP contribution in [-0.4, -0.2) is 36.5 Å². The Morgan fingerprint density at radius 3 is 2.56 bits per heavy atom. The van der Waals surface area contributed by atoms with Crippen LogP contribution in [-0.2, 0) is 4.79 Å². The van der Waals surface area contributed by atoms with Crippen molar-refractivity contribution < 1.29 is 9.59 Å². The number of benzene rings is 1. The molecule has 2 aliphatic rings. The van der Waals surface area contributed by atoms with Gasteiger partial charge >= 0.3 is 6.03 Å². The highest BCUT2D eigenvalue weighted by atomic mass is 16.2. The molecule has 1 saturated carbocycles. The van der Waals surface area contributed by atoms with Crippen molar-refractivity contribution in [1.82, 2.24) is 15.5 Å². The predicted octanol–water partition coefficient (Wildman–Crippen LogP) is 3.15. The van der Waals surface area contributed by atoms with Gasteiger partial charge in [-0.1, -0.05) is 29.8 Å². The molecule has 1 heterocycles. The Balaban J connectivity index is 1.57. The third-order valence-electron chi connectivity index (χ3n) is 5.61. The van der Waals surface area contributed by atoms with Crippen LogP contribution in [0.2, 0.25) is 0 Å². The van der Waals surface area contributed by atoms with E-state index in [1.54, 1.807) is 7.05 Å². The largest absolute Gasteiger partial charge is 0.359 e. The molecule has 25 heavy (non-hydrogen) atoms. The number of aryl methyl sites for hydroxylation is 1. The summed E-state index contributed by atoms with van der Waals surface area (Å²) in [5.74, 6) is 0.230. The first-order valence-corrected chi connectivity index (χ1v) is 9.43. The fourth-order valence-corrected chi connectivity index (χ4v) is 4.20. The van der Waals surface area contributed by atoms with Crippen LogP contribution < -0.4 is 10.6 Å². The summed E-state index contributed by atoms with van der Waals surface area (Å²) in [4.78, 5) is 26.5. The van der Waals surface area contributed by atoms with Crippen LogP contribution in [0.15, 0.2) is 24.3 Å². The molecule has 2 fully saturated rings. The molecule has 2 N–H and O–H groups in total. The maximum Gasteiger partial charge on any atom is 0.318 e. The van der Waals surface area contributed by atoms with Crippen molar-refractivity contribution in [2.24, 2.45) is 5.92 Å². The van der Waals surface area contributed by atoms with Crippen molar-refractivity contribution in [1.29, 1.82) is 0 Å². The van der Waals surface area contributed by atoms with Gasteiger partial charge < -0.3 is 15.5 Å². The van der Waals surface area contributed by atoms with Crippen LogP contribution in [0.25, 0.3) is 0 Å². The summed E-state index contributed by atoms with van der Waals surface area (Å²) in [5, 5.41) is 5.94. The van der Waals surface area contributed by atoms with Gasteiger partial charge in [0, 0.05) is 25.6 Å². The normalized spacial score (nSPS) is 26.3. The molecule has 0 radical (unpaired) electrons. The maximum atomic E-state index is 12.8. The number of hydrogen-bond acceptors (Lipinski definition) is 2. The number of rotatable bonds is 3. The number of carbonyl (C=O) groups is 2. The fraction of sp³-hybridized carbons (Fsp3) is 0.600. The number of hydrogen-bond donors (Lipinski definition) is 2. The summed E-state index contributed by atoms with van der Waals surface area (Å²) in [5.41, 5.74) is 2.47. The first-order chi connectivity index (χ1) is 12.1. The first kappa shape index (κ1) is 17.8. The van der Waals surface area contributed by atoms with Crippen molar-refractivity contribution in [2.75, 3.05) is 13.6 Å². The van der Waals surface area contributed by atoms with Crippen molar-refractivity contribution in [3.05, 3.63) is 35.4 Å². The van der Waals surface area contributed by atoms with Crippen molar-refractivity contribution in [2.45, 2.75) is 57.5 Å². The molecule has 0 bridgehead atoms. The second-order valence-corrected chi connectivity index (χ2v) is 7.38. The molecular weight excluding hydrogens is 314 g/mol. The van der Waals surface area contributed by atoms with Gasteiger partial charge in [-0.15, -0.1) is 0 Å². The Morgan fingerprint density at radius 2 is 1.88 bits per heavy atom. The van der Waals surface area contributed by atoms with Gasteiger partial charge in [-0.3, -0.25) is 4.79 Å².